The summed E-state index contributed by atoms with van der Waals surface area (Å²) in [5.41, 5.74) is 3.61. The van der Waals surface area contributed by atoms with Crippen LogP contribution in [0.15, 0.2) is 115 Å². The maximum absolute atomic E-state index is 4.92. The molecule has 9 rings (SSSR count). The number of hydrogen-bond donors (Lipinski definition) is 0. The van der Waals surface area contributed by atoms with E-state index in [2.05, 4.69) is 115 Å². The highest BCUT2D eigenvalue weighted by molar-refractivity contribution is 7.26. The van der Waals surface area contributed by atoms with Gasteiger partial charge in [-0.15, -0.1) is 22.7 Å². The number of para-hydroxylation sites is 1. The minimum Gasteiger partial charge on any atom is -0.256 e. The van der Waals surface area contributed by atoms with E-state index >= 15 is 0 Å². The molecule has 3 heterocycles. The Morgan fingerprint density at radius 2 is 1.16 bits per heavy atom. The maximum Gasteiger partial charge on any atom is 0.0708 e. The standard InChI is InChI=1S/C35H19NS2/c1-4-13-30-25(10-1)34-28(24-12-7-11-23-21-8-2-6-15-32(21)38-35(23)24)17-20-16-27-22-9-3-5-14-31(22)37-33(27)18-26(20)29(34)19-36-30/h1-19H. The van der Waals surface area contributed by atoms with E-state index in [1.165, 1.54) is 78.4 Å². The average molecular weight is 518 g/mol. The van der Waals surface area contributed by atoms with Crippen molar-refractivity contribution in [2.24, 2.45) is 0 Å². The lowest BCUT2D eigenvalue weighted by Gasteiger charge is -2.14. The summed E-state index contributed by atoms with van der Waals surface area (Å²) in [6, 6.07) is 40.0. The summed E-state index contributed by atoms with van der Waals surface area (Å²) in [6.45, 7) is 0. The van der Waals surface area contributed by atoms with Crippen molar-refractivity contribution in [3.63, 3.8) is 0 Å². The van der Waals surface area contributed by atoms with E-state index in [0.717, 1.165) is 5.52 Å². The van der Waals surface area contributed by atoms with Crippen molar-refractivity contribution in [2.75, 3.05) is 0 Å². The van der Waals surface area contributed by atoms with Crippen LogP contribution in [0, 0.1) is 0 Å². The first-order valence-corrected chi connectivity index (χ1v) is 14.4. The normalized spacial score (nSPS) is 12.2. The van der Waals surface area contributed by atoms with E-state index in [9.17, 15) is 0 Å². The van der Waals surface area contributed by atoms with Crippen molar-refractivity contribution in [3.8, 4) is 11.1 Å². The third kappa shape index (κ3) is 2.78. The Kier molecular flexibility index (Phi) is 4.15. The van der Waals surface area contributed by atoms with Crippen molar-refractivity contribution in [1.82, 2.24) is 4.98 Å². The van der Waals surface area contributed by atoms with Crippen LogP contribution in [0.3, 0.4) is 0 Å². The molecule has 6 aromatic carbocycles. The van der Waals surface area contributed by atoms with Crippen LogP contribution in [0.5, 0.6) is 0 Å². The van der Waals surface area contributed by atoms with Crippen LogP contribution in [-0.2, 0) is 0 Å². The largest absolute Gasteiger partial charge is 0.256 e. The van der Waals surface area contributed by atoms with E-state index < -0.39 is 0 Å². The topological polar surface area (TPSA) is 12.9 Å². The van der Waals surface area contributed by atoms with Crippen LogP contribution in [-0.4, -0.2) is 4.98 Å². The second-order valence-corrected chi connectivity index (χ2v) is 12.1. The molecule has 3 heteroatoms. The number of fused-ring (bicyclic) bond motifs is 11. The molecule has 0 unspecified atom stereocenters. The molecule has 0 fully saturated rings. The average Bonchev–Trinajstić information content (AvgIpc) is 3.53. The molecule has 0 radical (unpaired) electrons. The van der Waals surface area contributed by atoms with Gasteiger partial charge in [0.2, 0.25) is 0 Å². The predicted molar refractivity (Wildman–Crippen MR) is 168 cm³/mol. The molecule has 3 aromatic heterocycles. The monoisotopic (exact) mass is 517 g/mol. The molecule has 0 N–H and O–H groups in total. The number of aromatic nitrogens is 1. The number of pyridine rings is 1. The van der Waals surface area contributed by atoms with Crippen molar-refractivity contribution >= 4 is 95.5 Å². The molecule has 0 saturated carbocycles. The summed E-state index contributed by atoms with van der Waals surface area (Å²) in [5, 5.41) is 11.6. The first-order chi connectivity index (χ1) is 18.8. The Labute approximate surface area is 226 Å². The minimum absolute atomic E-state index is 1.03. The van der Waals surface area contributed by atoms with Crippen molar-refractivity contribution in [2.45, 2.75) is 0 Å². The van der Waals surface area contributed by atoms with Gasteiger partial charge in [0.25, 0.3) is 0 Å². The molecule has 0 aliphatic carbocycles. The summed E-state index contributed by atoms with van der Waals surface area (Å²) in [7, 11) is 0. The zero-order chi connectivity index (χ0) is 24.8. The molecule has 0 amide bonds. The maximum atomic E-state index is 4.92. The molecule has 0 saturated heterocycles. The second kappa shape index (κ2) is 7.61. The Morgan fingerprint density at radius 1 is 0.447 bits per heavy atom. The molecule has 0 atom stereocenters. The van der Waals surface area contributed by atoms with Gasteiger partial charge in [0.05, 0.1) is 5.52 Å². The van der Waals surface area contributed by atoms with Gasteiger partial charge in [-0.2, -0.15) is 0 Å². The SMILES string of the molecule is c1ccc2c(c1)ncc1c3cc4sc5ccccc5c4cc3cc(-c3cccc4c3sc3ccccc34)c21. The highest BCUT2D eigenvalue weighted by Crippen LogP contribution is 2.46. The van der Waals surface area contributed by atoms with Gasteiger partial charge in [-0.1, -0.05) is 72.8 Å². The second-order valence-electron chi connectivity index (χ2n) is 9.94. The fourth-order valence-electron chi connectivity index (χ4n) is 6.18. The van der Waals surface area contributed by atoms with Crippen molar-refractivity contribution in [1.29, 1.82) is 0 Å². The highest BCUT2D eigenvalue weighted by atomic mass is 32.1. The van der Waals surface area contributed by atoms with Crippen LogP contribution in [0.1, 0.15) is 0 Å². The van der Waals surface area contributed by atoms with E-state index in [0.29, 0.717) is 0 Å². The van der Waals surface area contributed by atoms with Gasteiger partial charge in [0, 0.05) is 68.3 Å². The smallest absolute Gasteiger partial charge is 0.0708 e. The molecule has 176 valence electrons. The fraction of sp³-hybridized carbons (Fsp3) is 0. The molecule has 9 aromatic rings. The van der Waals surface area contributed by atoms with Gasteiger partial charge in [0.1, 0.15) is 0 Å². The lowest BCUT2D eigenvalue weighted by atomic mass is 9.90. The molecule has 0 aliphatic heterocycles. The van der Waals surface area contributed by atoms with Crippen LogP contribution < -0.4 is 0 Å². The lowest BCUT2D eigenvalue weighted by Crippen LogP contribution is -1.89. The van der Waals surface area contributed by atoms with Crippen LogP contribution >= 0.6 is 22.7 Å². The lowest BCUT2D eigenvalue weighted by molar-refractivity contribution is 1.45. The summed E-state index contributed by atoms with van der Waals surface area (Å²) < 4.78 is 5.34. The van der Waals surface area contributed by atoms with Gasteiger partial charge >= 0.3 is 0 Å². The van der Waals surface area contributed by atoms with Gasteiger partial charge < -0.3 is 0 Å². The van der Waals surface area contributed by atoms with Crippen LogP contribution in [0.2, 0.25) is 0 Å². The Balaban J connectivity index is 1.50. The number of thiophene rings is 2. The van der Waals surface area contributed by atoms with Gasteiger partial charge in [-0.3, -0.25) is 4.98 Å². The number of nitrogens with zero attached hydrogens (tertiary/aromatic N) is 1. The van der Waals surface area contributed by atoms with E-state index in [-0.39, 0.29) is 0 Å². The first-order valence-electron chi connectivity index (χ1n) is 12.8. The molecule has 0 aliphatic rings. The third-order valence-electron chi connectivity index (χ3n) is 7.88. The van der Waals surface area contributed by atoms with Crippen LogP contribution in [0.25, 0.3) is 83.9 Å². The summed E-state index contributed by atoms with van der Waals surface area (Å²) in [5.74, 6) is 0. The highest BCUT2D eigenvalue weighted by Gasteiger charge is 2.17. The van der Waals surface area contributed by atoms with E-state index in [1.54, 1.807) is 0 Å². The van der Waals surface area contributed by atoms with Crippen molar-refractivity contribution in [3.05, 3.63) is 115 Å². The van der Waals surface area contributed by atoms with Crippen LogP contribution in [0.4, 0.5) is 0 Å². The van der Waals surface area contributed by atoms with Gasteiger partial charge in [-0.05, 0) is 52.7 Å². The summed E-state index contributed by atoms with van der Waals surface area (Å²) in [4.78, 5) is 4.92. The molecule has 38 heavy (non-hydrogen) atoms. The fourth-order valence-corrected chi connectivity index (χ4v) is 8.53. The van der Waals surface area contributed by atoms with E-state index in [4.69, 9.17) is 4.98 Å². The van der Waals surface area contributed by atoms with Gasteiger partial charge in [-0.25, -0.2) is 0 Å². The Morgan fingerprint density at radius 3 is 2.03 bits per heavy atom. The summed E-state index contributed by atoms with van der Waals surface area (Å²) in [6.07, 6.45) is 2.09. The molecular formula is C35H19NS2. The Hall–Kier alpha value is -4.31. The van der Waals surface area contributed by atoms with E-state index in [1.807, 2.05) is 22.7 Å². The number of rotatable bonds is 1. The Bertz CT molecular complexity index is 2410. The zero-order valence-corrected chi connectivity index (χ0v) is 21.9. The quantitative estimate of drug-likeness (QED) is 0.197. The summed E-state index contributed by atoms with van der Waals surface area (Å²) >= 11 is 3.77. The third-order valence-corrected chi connectivity index (χ3v) is 10.2. The number of benzene rings is 6. The van der Waals surface area contributed by atoms with Gasteiger partial charge in [0.15, 0.2) is 0 Å². The van der Waals surface area contributed by atoms with Crippen molar-refractivity contribution < 1.29 is 0 Å². The first kappa shape index (κ1) is 20.7. The molecule has 1 nitrogen and oxygen atoms in total. The molecule has 0 spiro atoms. The molecule has 0 bridgehead atoms. The molecular weight excluding hydrogens is 499 g/mol. The minimum atomic E-state index is 1.03. The number of hydrogen-bond acceptors (Lipinski definition) is 3. The zero-order valence-electron chi connectivity index (χ0n) is 20.2. The predicted octanol–water partition coefficient (Wildman–Crippen LogP) is 10.9.